The van der Waals surface area contributed by atoms with Crippen molar-refractivity contribution in [1.29, 1.82) is 0 Å². The van der Waals surface area contributed by atoms with Gasteiger partial charge in [-0.25, -0.2) is 13.1 Å². The highest BCUT2D eigenvalue weighted by Gasteiger charge is 2.14. The molecule has 0 unspecified atom stereocenters. The maximum atomic E-state index is 12.1. The lowest BCUT2D eigenvalue weighted by Gasteiger charge is -2.12. The van der Waals surface area contributed by atoms with E-state index in [1.165, 1.54) is 0 Å². The predicted molar refractivity (Wildman–Crippen MR) is 76.1 cm³/mol. The zero-order chi connectivity index (χ0) is 14.5. The lowest BCUT2D eigenvalue weighted by atomic mass is 10.2. The van der Waals surface area contributed by atoms with Crippen LogP contribution in [-0.4, -0.2) is 47.1 Å². The number of rotatable bonds is 7. The van der Waals surface area contributed by atoms with E-state index < -0.39 is 10.0 Å². The minimum Gasteiger partial charge on any atom is -0.494 e. The summed E-state index contributed by atoms with van der Waals surface area (Å²) in [5.74, 6) is 0.717. The molecule has 5 nitrogen and oxygen atoms in total. The normalized spacial score (nSPS) is 11.8. The molecule has 0 heterocycles. The van der Waals surface area contributed by atoms with Crippen LogP contribution in [0.5, 0.6) is 5.75 Å². The number of hydrogen-bond donors (Lipinski definition) is 1. The van der Waals surface area contributed by atoms with Crippen LogP contribution in [0, 0.1) is 6.92 Å². The monoisotopic (exact) mass is 286 g/mol. The van der Waals surface area contributed by atoms with Crippen LogP contribution in [0.25, 0.3) is 0 Å². The van der Waals surface area contributed by atoms with Crippen LogP contribution in [0.15, 0.2) is 23.1 Å². The Labute approximate surface area is 115 Å². The third kappa shape index (κ3) is 4.81. The number of likely N-dealkylation sites (N-methyl/N-ethyl adjacent to an activating group) is 1. The third-order valence-electron chi connectivity index (χ3n) is 2.61. The van der Waals surface area contributed by atoms with Gasteiger partial charge in [0.2, 0.25) is 10.0 Å². The fourth-order valence-corrected chi connectivity index (χ4v) is 2.70. The van der Waals surface area contributed by atoms with Gasteiger partial charge in [0, 0.05) is 13.1 Å². The van der Waals surface area contributed by atoms with Crippen molar-refractivity contribution >= 4 is 10.0 Å². The SMILES string of the molecule is CCOc1ccc(S(=O)(=O)NCCN(C)C)cc1C. The van der Waals surface area contributed by atoms with Gasteiger partial charge < -0.3 is 9.64 Å². The molecule has 1 aromatic carbocycles. The minimum atomic E-state index is -3.44. The van der Waals surface area contributed by atoms with Crippen LogP contribution in [0.2, 0.25) is 0 Å². The maximum Gasteiger partial charge on any atom is 0.240 e. The standard InChI is InChI=1S/C13H22N2O3S/c1-5-18-13-7-6-12(10-11(13)2)19(16,17)14-8-9-15(3)4/h6-7,10,14H,5,8-9H2,1-4H3. The second kappa shape index (κ2) is 6.88. The molecule has 0 amide bonds. The molecule has 0 radical (unpaired) electrons. The Morgan fingerprint density at radius 1 is 1.32 bits per heavy atom. The van der Waals surface area contributed by atoms with Crippen molar-refractivity contribution in [3.05, 3.63) is 23.8 Å². The van der Waals surface area contributed by atoms with Crippen molar-refractivity contribution < 1.29 is 13.2 Å². The number of nitrogens with one attached hydrogen (secondary N) is 1. The summed E-state index contributed by atoms with van der Waals surface area (Å²) in [6.07, 6.45) is 0. The molecule has 0 aliphatic carbocycles. The van der Waals surface area contributed by atoms with Gasteiger partial charge in [0.25, 0.3) is 0 Å². The van der Waals surface area contributed by atoms with Crippen molar-refractivity contribution in [2.24, 2.45) is 0 Å². The van der Waals surface area contributed by atoms with Crippen LogP contribution >= 0.6 is 0 Å². The van der Waals surface area contributed by atoms with E-state index in [1.54, 1.807) is 18.2 Å². The summed E-state index contributed by atoms with van der Waals surface area (Å²) in [6.45, 7) is 5.35. The first-order chi connectivity index (χ1) is 8.86. The predicted octanol–water partition coefficient (Wildman–Crippen LogP) is 1.23. The molecule has 0 fully saturated rings. The first-order valence-electron chi connectivity index (χ1n) is 6.24. The number of hydrogen-bond acceptors (Lipinski definition) is 4. The van der Waals surface area contributed by atoms with Gasteiger partial charge >= 0.3 is 0 Å². The quantitative estimate of drug-likeness (QED) is 0.819. The highest BCUT2D eigenvalue weighted by molar-refractivity contribution is 7.89. The largest absolute Gasteiger partial charge is 0.494 e. The van der Waals surface area contributed by atoms with Crippen LogP contribution in [0.1, 0.15) is 12.5 Å². The molecule has 6 heteroatoms. The van der Waals surface area contributed by atoms with Crippen molar-refractivity contribution in [2.45, 2.75) is 18.7 Å². The fourth-order valence-electron chi connectivity index (χ4n) is 1.59. The van der Waals surface area contributed by atoms with Gasteiger partial charge in [-0.15, -0.1) is 0 Å². The Morgan fingerprint density at radius 3 is 2.53 bits per heavy atom. The zero-order valence-corrected chi connectivity index (χ0v) is 12.8. The van der Waals surface area contributed by atoms with Crippen molar-refractivity contribution in [3.63, 3.8) is 0 Å². The second-order valence-electron chi connectivity index (χ2n) is 4.56. The van der Waals surface area contributed by atoms with Crippen molar-refractivity contribution in [3.8, 4) is 5.75 Å². The van der Waals surface area contributed by atoms with E-state index in [2.05, 4.69) is 4.72 Å². The summed E-state index contributed by atoms with van der Waals surface area (Å²) in [7, 11) is 0.354. The van der Waals surface area contributed by atoms with Gasteiger partial charge in [-0.1, -0.05) is 0 Å². The van der Waals surface area contributed by atoms with E-state index in [4.69, 9.17) is 4.74 Å². The Hall–Kier alpha value is -1.11. The number of ether oxygens (including phenoxy) is 1. The topological polar surface area (TPSA) is 58.6 Å². The van der Waals surface area contributed by atoms with Crippen LogP contribution < -0.4 is 9.46 Å². The van der Waals surface area contributed by atoms with Gasteiger partial charge in [-0.05, 0) is 51.7 Å². The maximum absolute atomic E-state index is 12.1. The zero-order valence-electron chi connectivity index (χ0n) is 11.9. The summed E-state index contributed by atoms with van der Waals surface area (Å²) >= 11 is 0. The van der Waals surface area contributed by atoms with E-state index in [0.717, 1.165) is 11.3 Å². The van der Waals surface area contributed by atoms with Crippen LogP contribution in [0.3, 0.4) is 0 Å². The molecule has 1 aromatic rings. The number of sulfonamides is 1. The first kappa shape index (κ1) is 15.9. The van der Waals surface area contributed by atoms with Gasteiger partial charge in [0.05, 0.1) is 11.5 Å². The molecule has 0 aromatic heterocycles. The molecule has 0 aliphatic rings. The lowest BCUT2D eigenvalue weighted by Crippen LogP contribution is -2.31. The summed E-state index contributed by atoms with van der Waals surface area (Å²) in [5, 5.41) is 0. The second-order valence-corrected chi connectivity index (χ2v) is 6.33. The summed E-state index contributed by atoms with van der Waals surface area (Å²) in [5.41, 5.74) is 0.817. The highest BCUT2D eigenvalue weighted by atomic mass is 32.2. The lowest BCUT2D eigenvalue weighted by molar-refractivity contribution is 0.337. The van der Waals surface area contributed by atoms with E-state index in [-0.39, 0.29) is 4.90 Å². The Bertz CT molecular complexity index is 513. The first-order valence-corrected chi connectivity index (χ1v) is 7.73. The number of nitrogens with zero attached hydrogens (tertiary/aromatic N) is 1. The van der Waals surface area contributed by atoms with Crippen LogP contribution in [0.4, 0.5) is 0 Å². The molecule has 0 saturated heterocycles. The van der Waals surface area contributed by atoms with E-state index in [0.29, 0.717) is 19.7 Å². The van der Waals surface area contributed by atoms with Crippen molar-refractivity contribution in [2.75, 3.05) is 33.8 Å². The molecule has 108 valence electrons. The summed E-state index contributed by atoms with van der Waals surface area (Å²) in [6, 6.07) is 4.89. The van der Waals surface area contributed by atoms with Gasteiger partial charge in [-0.3, -0.25) is 0 Å². The summed E-state index contributed by atoms with van der Waals surface area (Å²) < 4.78 is 32.1. The molecule has 0 spiro atoms. The van der Waals surface area contributed by atoms with Gasteiger partial charge in [0.1, 0.15) is 5.75 Å². The fraction of sp³-hybridized carbons (Fsp3) is 0.538. The molecule has 1 rings (SSSR count). The Balaban J connectivity index is 2.81. The average molecular weight is 286 g/mol. The molecule has 1 N–H and O–H groups in total. The molecule has 19 heavy (non-hydrogen) atoms. The molecule has 0 aliphatic heterocycles. The molecule has 0 saturated carbocycles. The summed E-state index contributed by atoms with van der Waals surface area (Å²) in [4.78, 5) is 2.19. The minimum absolute atomic E-state index is 0.271. The Kier molecular flexibility index (Phi) is 5.78. The van der Waals surface area contributed by atoms with E-state index in [1.807, 2.05) is 32.8 Å². The molecular formula is C13H22N2O3S. The van der Waals surface area contributed by atoms with Crippen molar-refractivity contribution in [1.82, 2.24) is 9.62 Å². The highest BCUT2D eigenvalue weighted by Crippen LogP contribution is 2.21. The van der Waals surface area contributed by atoms with Gasteiger partial charge in [0.15, 0.2) is 0 Å². The number of benzene rings is 1. The molecular weight excluding hydrogens is 264 g/mol. The smallest absolute Gasteiger partial charge is 0.240 e. The number of aryl methyl sites for hydroxylation is 1. The average Bonchev–Trinajstić information content (AvgIpc) is 2.31. The van der Waals surface area contributed by atoms with Gasteiger partial charge in [-0.2, -0.15) is 0 Å². The molecule has 0 atom stereocenters. The Morgan fingerprint density at radius 2 is 2.00 bits per heavy atom. The van der Waals surface area contributed by atoms with E-state index >= 15 is 0 Å². The third-order valence-corrected chi connectivity index (χ3v) is 4.07. The van der Waals surface area contributed by atoms with E-state index in [9.17, 15) is 8.42 Å². The van der Waals surface area contributed by atoms with Crippen LogP contribution in [-0.2, 0) is 10.0 Å². The molecule has 0 bridgehead atoms.